The predicted octanol–water partition coefficient (Wildman–Crippen LogP) is 2.51. The summed E-state index contributed by atoms with van der Waals surface area (Å²) < 4.78 is 5.71. The highest BCUT2D eigenvalue weighted by molar-refractivity contribution is 6.30. The van der Waals surface area contributed by atoms with E-state index in [0.717, 1.165) is 56.2 Å². The summed E-state index contributed by atoms with van der Waals surface area (Å²) in [7, 11) is 1.83. The van der Waals surface area contributed by atoms with Crippen molar-refractivity contribution in [2.45, 2.75) is 50.3 Å². The van der Waals surface area contributed by atoms with Gasteiger partial charge in [-0.15, -0.1) is 10.2 Å². The van der Waals surface area contributed by atoms with Gasteiger partial charge in [0.25, 0.3) is 0 Å². The average molecular weight is 390 g/mol. The minimum Gasteiger partial charge on any atom is -0.385 e. The Bertz CT molecular complexity index is 712. The van der Waals surface area contributed by atoms with Gasteiger partial charge in [-0.2, -0.15) is 0 Å². The molecule has 27 heavy (non-hydrogen) atoms. The molecule has 7 heteroatoms. The van der Waals surface area contributed by atoms with Crippen molar-refractivity contribution in [1.29, 1.82) is 0 Å². The molecule has 3 heterocycles. The van der Waals surface area contributed by atoms with Crippen LogP contribution in [0.4, 0.5) is 0 Å². The van der Waals surface area contributed by atoms with Crippen LogP contribution in [0.15, 0.2) is 34.5 Å². The number of ether oxygens (including phenoxy) is 1. The van der Waals surface area contributed by atoms with Crippen molar-refractivity contribution >= 4 is 23.3 Å². The number of benzene rings is 1. The van der Waals surface area contributed by atoms with Crippen LogP contribution < -0.4 is 5.73 Å². The molecule has 3 aliphatic rings. The van der Waals surface area contributed by atoms with E-state index >= 15 is 0 Å². The normalized spacial score (nSPS) is 27.1. The van der Waals surface area contributed by atoms with Gasteiger partial charge in [0.1, 0.15) is 11.7 Å². The maximum Gasteiger partial charge on any atom is 0.135 e. The van der Waals surface area contributed by atoms with Gasteiger partial charge in [-0.05, 0) is 43.4 Å². The van der Waals surface area contributed by atoms with Gasteiger partial charge in [-0.3, -0.25) is 4.90 Å². The Morgan fingerprint density at radius 2 is 1.93 bits per heavy atom. The van der Waals surface area contributed by atoms with E-state index in [1.807, 2.05) is 19.2 Å². The van der Waals surface area contributed by atoms with E-state index in [2.05, 4.69) is 32.1 Å². The van der Waals surface area contributed by atoms with Gasteiger partial charge in [0.15, 0.2) is 0 Å². The van der Waals surface area contributed by atoms with E-state index < -0.39 is 0 Å². The number of amidine groups is 2. The monoisotopic (exact) mass is 389 g/mol. The molecule has 0 bridgehead atoms. The van der Waals surface area contributed by atoms with Crippen molar-refractivity contribution in [3.05, 3.63) is 34.9 Å². The fourth-order valence-corrected chi connectivity index (χ4v) is 4.72. The molecule has 2 fully saturated rings. The summed E-state index contributed by atoms with van der Waals surface area (Å²) in [6.45, 7) is 3.07. The van der Waals surface area contributed by atoms with Crippen LogP contribution in [-0.2, 0) is 11.2 Å². The number of hydrogen-bond donors (Lipinski definition) is 1. The molecule has 0 aromatic heterocycles. The van der Waals surface area contributed by atoms with Crippen molar-refractivity contribution in [3.63, 3.8) is 0 Å². The maximum atomic E-state index is 6.04. The van der Waals surface area contributed by atoms with E-state index in [0.29, 0.717) is 30.4 Å². The number of nitrogens with zero attached hydrogens (tertiary/aromatic N) is 4. The molecule has 146 valence electrons. The number of likely N-dealkylation sites (tertiary alicyclic amines) is 2. The molecule has 0 radical (unpaired) electrons. The summed E-state index contributed by atoms with van der Waals surface area (Å²) >= 11 is 6.04. The first-order valence-electron chi connectivity index (χ1n) is 9.79. The molecule has 2 atom stereocenters. The van der Waals surface area contributed by atoms with Crippen molar-refractivity contribution in [1.82, 2.24) is 9.80 Å². The highest BCUT2D eigenvalue weighted by Crippen LogP contribution is 2.30. The van der Waals surface area contributed by atoms with Crippen LogP contribution in [0.2, 0.25) is 5.02 Å². The highest BCUT2D eigenvalue weighted by atomic mass is 35.5. The van der Waals surface area contributed by atoms with Crippen molar-refractivity contribution in [3.8, 4) is 0 Å². The second kappa shape index (κ2) is 8.17. The molecule has 0 saturated carbocycles. The van der Waals surface area contributed by atoms with E-state index in [4.69, 9.17) is 22.1 Å². The number of rotatable bonds is 4. The third-order valence-corrected chi connectivity index (χ3v) is 6.32. The van der Waals surface area contributed by atoms with Gasteiger partial charge in [0.05, 0.1) is 12.5 Å². The second-order valence-corrected chi connectivity index (χ2v) is 8.21. The fourth-order valence-electron chi connectivity index (χ4n) is 4.59. The van der Waals surface area contributed by atoms with Crippen LogP contribution in [0.5, 0.6) is 0 Å². The van der Waals surface area contributed by atoms with Gasteiger partial charge in [0, 0.05) is 43.9 Å². The zero-order chi connectivity index (χ0) is 18.8. The Morgan fingerprint density at radius 3 is 2.56 bits per heavy atom. The molecule has 3 aliphatic heterocycles. The first kappa shape index (κ1) is 18.7. The molecule has 0 spiro atoms. The third-order valence-electron chi connectivity index (χ3n) is 6.07. The number of piperidine rings is 1. The minimum atomic E-state index is 0.327. The molecule has 1 unspecified atom stereocenters. The van der Waals surface area contributed by atoms with Gasteiger partial charge in [-0.1, -0.05) is 23.7 Å². The lowest BCUT2D eigenvalue weighted by molar-refractivity contribution is 0.0859. The van der Waals surface area contributed by atoms with E-state index in [1.54, 1.807) is 0 Å². The lowest BCUT2D eigenvalue weighted by atomic mass is 9.98. The van der Waals surface area contributed by atoms with Crippen LogP contribution >= 0.6 is 11.6 Å². The smallest absolute Gasteiger partial charge is 0.135 e. The van der Waals surface area contributed by atoms with Crippen LogP contribution in [-0.4, -0.2) is 66.4 Å². The number of nitrogens with two attached hydrogens (primary N) is 1. The maximum absolute atomic E-state index is 6.04. The zero-order valence-electron chi connectivity index (χ0n) is 15.9. The molecule has 1 aromatic carbocycles. The summed E-state index contributed by atoms with van der Waals surface area (Å²) in [6, 6.07) is 9.38. The summed E-state index contributed by atoms with van der Waals surface area (Å²) in [6.07, 6.45) is 5.45. The molecular weight excluding hydrogens is 362 g/mol. The summed E-state index contributed by atoms with van der Waals surface area (Å²) in [5.74, 6) is 1.65. The molecule has 0 amide bonds. The van der Waals surface area contributed by atoms with Gasteiger partial charge in [0.2, 0.25) is 0 Å². The van der Waals surface area contributed by atoms with Gasteiger partial charge >= 0.3 is 0 Å². The van der Waals surface area contributed by atoms with Gasteiger partial charge < -0.3 is 15.4 Å². The fraction of sp³-hybridized carbons (Fsp3) is 0.600. The Balaban J connectivity index is 1.38. The lowest BCUT2D eigenvalue weighted by Gasteiger charge is -2.40. The Hall–Kier alpha value is -1.63. The third kappa shape index (κ3) is 4.28. The zero-order valence-corrected chi connectivity index (χ0v) is 16.6. The standard InChI is InChI=1S/C20H28ClN5O/c1-27-18-11-17(10-14-2-4-15(21)5-3-14)26(13-18)16-6-8-25(9-7-16)20-12-19(22)23-24-20/h2-5,16-18H,6-13H2,1H3,(H2,22,23)/t17?,18-/m0/s1. The van der Waals surface area contributed by atoms with Crippen molar-refractivity contribution < 1.29 is 4.74 Å². The van der Waals surface area contributed by atoms with Crippen LogP contribution in [0, 0.1) is 0 Å². The van der Waals surface area contributed by atoms with Crippen LogP contribution in [0.3, 0.4) is 0 Å². The molecule has 2 saturated heterocycles. The molecular formula is C20H28ClN5O. The van der Waals surface area contributed by atoms with E-state index in [1.165, 1.54) is 5.56 Å². The topological polar surface area (TPSA) is 66.5 Å². The predicted molar refractivity (Wildman–Crippen MR) is 109 cm³/mol. The molecule has 0 aliphatic carbocycles. The van der Waals surface area contributed by atoms with Crippen LogP contribution in [0.25, 0.3) is 0 Å². The van der Waals surface area contributed by atoms with E-state index in [-0.39, 0.29) is 0 Å². The summed E-state index contributed by atoms with van der Waals surface area (Å²) in [5.41, 5.74) is 7.11. The van der Waals surface area contributed by atoms with Crippen molar-refractivity contribution in [2.24, 2.45) is 15.9 Å². The summed E-state index contributed by atoms with van der Waals surface area (Å²) in [5, 5.41) is 9.00. The van der Waals surface area contributed by atoms with E-state index in [9.17, 15) is 0 Å². The molecule has 1 aromatic rings. The Kier molecular flexibility index (Phi) is 5.66. The molecule has 2 N–H and O–H groups in total. The number of halogens is 1. The largest absolute Gasteiger partial charge is 0.385 e. The van der Waals surface area contributed by atoms with Crippen molar-refractivity contribution in [2.75, 3.05) is 26.7 Å². The Labute approximate surface area is 166 Å². The SMILES string of the molecule is CO[C@H]1CC(Cc2ccc(Cl)cc2)N(C2CCN(C3=NN=C(N)C3)CC2)C1. The molecule has 6 nitrogen and oxygen atoms in total. The first-order valence-corrected chi connectivity index (χ1v) is 10.2. The quantitative estimate of drug-likeness (QED) is 0.859. The minimum absolute atomic E-state index is 0.327. The number of methoxy groups -OCH3 is 1. The molecule has 4 rings (SSSR count). The van der Waals surface area contributed by atoms with Crippen LogP contribution in [0.1, 0.15) is 31.2 Å². The first-order chi connectivity index (χ1) is 13.1. The second-order valence-electron chi connectivity index (χ2n) is 7.78. The number of hydrogen-bond acceptors (Lipinski definition) is 6. The van der Waals surface area contributed by atoms with Gasteiger partial charge in [-0.25, -0.2) is 0 Å². The lowest BCUT2D eigenvalue weighted by Crippen LogP contribution is -2.49. The Morgan fingerprint density at radius 1 is 1.19 bits per heavy atom. The highest BCUT2D eigenvalue weighted by Gasteiger charge is 2.38. The summed E-state index contributed by atoms with van der Waals surface area (Å²) in [4.78, 5) is 5.03. The average Bonchev–Trinajstić information content (AvgIpc) is 3.30.